The maximum atomic E-state index is 10.4. The second-order valence-corrected chi connectivity index (χ2v) is 7.72. The van der Waals surface area contributed by atoms with Gasteiger partial charge in [-0.2, -0.15) is 0 Å². The molecule has 0 radical (unpaired) electrons. The predicted molar refractivity (Wildman–Crippen MR) is 87.7 cm³/mol. The van der Waals surface area contributed by atoms with Gasteiger partial charge in [-0.1, -0.05) is 38.5 Å². The number of rotatable bonds is 3. The molecule has 118 valence electrons. The van der Waals surface area contributed by atoms with Crippen LogP contribution in [-0.4, -0.2) is 18.3 Å². The summed E-state index contributed by atoms with van der Waals surface area (Å²) in [6, 6.07) is 6.32. The Labute approximate surface area is 129 Å². The van der Waals surface area contributed by atoms with Gasteiger partial charge in [-0.25, -0.2) is 0 Å². The van der Waals surface area contributed by atoms with Crippen LogP contribution in [0, 0.1) is 24.2 Å². The fourth-order valence-corrected chi connectivity index (χ4v) is 3.60. The molecule has 3 atom stereocenters. The molecule has 0 aromatic heterocycles. The van der Waals surface area contributed by atoms with Crippen molar-refractivity contribution in [3.05, 3.63) is 29.3 Å². The van der Waals surface area contributed by atoms with E-state index in [-0.39, 0.29) is 6.10 Å². The maximum Gasteiger partial charge on any atom is 0.122 e. The third-order valence-corrected chi connectivity index (χ3v) is 5.09. The van der Waals surface area contributed by atoms with Gasteiger partial charge < -0.3 is 9.84 Å². The van der Waals surface area contributed by atoms with E-state index in [0.29, 0.717) is 17.3 Å². The summed E-state index contributed by atoms with van der Waals surface area (Å²) in [5.74, 6) is 1.99. The van der Waals surface area contributed by atoms with Crippen molar-refractivity contribution in [1.82, 2.24) is 0 Å². The molecule has 1 N–H and O–H groups in total. The highest BCUT2D eigenvalue weighted by molar-refractivity contribution is 5.37. The van der Waals surface area contributed by atoms with Crippen LogP contribution in [-0.2, 0) is 6.42 Å². The summed E-state index contributed by atoms with van der Waals surface area (Å²) < 4.78 is 5.49. The number of hydrogen-bond acceptors (Lipinski definition) is 2. The molecule has 1 fully saturated rings. The van der Waals surface area contributed by atoms with Crippen molar-refractivity contribution in [2.45, 2.75) is 59.5 Å². The minimum Gasteiger partial charge on any atom is -0.496 e. The standard InChI is InChI=1S/C19H30O2/c1-13-6-9-18(21-5)15(10-13)11-14-12-16(19(2,3)4)7-8-17(14)20/h6,9-10,14,16-17,20H,7-8,11-12H2,1-5H3. The van der Waals surface area contributed by atoms with Gasteiger partial charge in [-0.3, -0.25) is 0 Å². The molecular formula is C19H30O2. The second-order valence-electron chi connectivity index (χ2n) is 7.72. The van der Waals surface area contributed by atoms with E-state index >= 15 is 0 Å². The maximum absolute atomic E-state index is 10.4. The van der Waals surface area contributed by atoms with E-state index in [1.807, 2.05) is 6.07 Å². The Morgan fingerprint density at radius 1 is 1.24 bits per heavy atom. The number of aliphatic hydroxyl groups is 1. The average Bonchev–Trinajstić information content (AvgIpc) is 2.40. The van der Waals surface area contributed by atoms with Crippen LogP contribution in [0.3, 0.4) is 0 Å². The Hall–Kier alpha value is -1.02. The van der Waals surface area contributed by atoms with E-state index in [1.54, 1.807) is 7.11 Å². The summed E-state index contributed by atoms with van der Waals surface area (Å²) >= 11 is 0. The van der Waals surface area contributed by atoms with E-state index < -0.39 is 0 Å². The molecule has 2 rings (SSSR count). The Bertz CT molecular complexity index is 473. The molecule has 0 amide bonds. The van der Waals surface area contributed by atoms with Gasteiger partial charge in [-0.05, 0) is 61.5 Å². The lowest BCUT2D eigenvalue weighted by molar-refractivity contribution is 0.0194. The number of hydrogen-bond donors (Lipinski definition) is 1. The van der Waals surface area contributed by atoms with Gasteiger partial charge in [-0.15, -0.1) is 0 Å². The fraction of sp³-hybridized carbons (Fsp3) is 0.684. The predicted octanol–water partition coefficient (Wildman–Crippen LogP) is 4.37. The molecule has 1 aromatic rings. The number of methoxy groups -OCH3 is 1. The first kappa shape index (κ1) is 16.4. The average molecular weight is 290 g/mol. The van der Waals surface area contributed by atoms with Gasteiger partial charge in [0, 0.05) is 0 Å². The minimum absolute atomic E-state index is 0.172. The lowest BCUT2D eigenvalue weighted by Crippen LogP contribution is -2.35. The third-order valence-electron chi connectivity index (χ3n) is 5.09. The molecule has 3 unspecified atom stereocenters. The molecule has 0 heterocycles. The third kappa shape index (κ3) is 4.00. The molecular weight excluding hydrogens is 260 g/mol. The van der Waals surface area contributed by atoms with Crippen molar-refractivity contribution in [3.8, 4) is 5.75 Å². The van der Waals surface area contributed by atoms with Crippen LogP contribution >= 0.6 is 0 Å². The van der Waals surface area contributed by atoms with Gasteiger partial charge in [0.2, 0.25) is 0 Å². The molecule has 1 saturated carbocycles. The van der Waals surface area contributed by atoms with Gasteiger partial charge in [0.15, 0.2) is 0 Å². The molecule has 0 bridgehead atoms. The van der Waals surface area contributed by atoms with Crippen molar-refractivity contribution >= 4 is 0 Å². The van der Waals surface area contributed by atoms with Gasteiger partial charge >= 0.3 is 0 Å². The first-order chi connectivity index (χ1) is 9.81. The number of benzene rings is 1. The van der Waals surface area contributed by atoms with Crippen LogP contribution in [0.15, 0.2) is 18.2 Å². The highest BCUT2D eigenvalue weighted by Gasteiger charge is 2.35. The molecule has 21 heavy (non-hydrogen) atoms. The largest absolute Gasteiger partial charge is 0.496 e. The smallest absolute Gasteiger partial charge is 0.122 e. The van der Waals surface area contributed by atoms with Crippen molar-refractivity contribution in [1.29, 1.82) is 0 Å². The number of aliphatic hydroxyl groups excluding tert-OH is 1. The summed E-state index contributed by atoms with van der Waals surface area (Å²) in [5, 5.41) is 10.4. The number of aryl methyl sites for hydroxylation is 1. The highest BCUT2D eigenvalue weighted by Crippen LogP contribution is 2.42. The minimum atomic E-state index is -0.172. The van der Waals surface area contributed by atoms with Crippen molar-refractivity contribution < 1.29 is 9.84 Å². The Kier molecular flexibility index (Phi) is 4.98. The normalized spacial score (nSPS) is 26.7. The topological polar surface area (TPSA) is 29.5 Å². The molecule has 1 aliphatic carbocycles. The second kappa shape index (κ2) is 6.39. The van der Waals surface area contributed by atoms with Crippen LogP contribution in [0.1, 0.15) is 51.2 Å². The van der Waals surface area contributed by atoms with Gasteiger partial charge in [0.1, 0.15) is 5.75 Å². The van der Waals surface area contributed by atoms with Crippen molar-refractivity contribution in [3.63, 3.8) is 0 Å². The SMILES string of the molecule is COc1ccc(C)cc1CC1CC(C(C)(C)C)CCC1O. The first-order valence-corrected chi connectivity index (χ1v) is 8.13. The molecule has 0 aliphatic heterocycles. The summed E-state index contributed by atoms with van der Waals surface area (Å²) in [6.45, 7) is 9.07. The molecule has 2 nitrogen and oxygen atoms in total. The van der Waals surface area contributed by atoms with Gasteiger partial charge in [0.25, 0.3) is 0 Å². The fourth-order valence-electron chi connectivity index (χ4n) is 3.60. The van der Waals surface area contributed by atoms with Crippen LogP contribution in [0.5, 0.6) is 5.75 Å². The quantitative estimate of drug-likeness (QED) is 0.895. The number of ether oxygens (including phenoxy) is 1. The molecule has 1 aliphatic rings. The molecule has 0 spiro atoms. The Morgan fingerprint density at radius 2 is 1.95 bits per heavy atom. The van der Waals surface area contributed by atoms with Crippen molar-refractivity contribution in [2.24, 2.45) is 17.3 Å². The van der Waals surface area contributed by atoms with Crippen LogP contribution in [0.2, 0.25) is 0 Å². The van der Waals surface area contributed by atoms with Crippen LogP contribution in [0.25, 0.3) is 0 Å². The summed E-state index contributed by atoms with van der Waals surface area (Å²) in [6.07, 6.45) is 3.93. The zero-order chi connectivity index (χ0) is 15.6. The monoisotopic (exact) mass is 290 g/mol. The lowest BCUT2D eigenvalue weighted by Gasteiger charge is -2.40. The van der Waals surface area contributed by atoms with Gasteiger partial charge in [0.05, 0.1) is 13.2 Å². The molecule has 2 heteroatoms. The van der Waals surface area contributed by atoms with E-state index in [0.717, 1.165) is 31.4 Å². The lowest BCUT2D eigenvalue weighted by atomic mass is 9.67. The van der Waals surface area contributed by atoms with E-state index in [9.17, 15) is 5.11 Å². The summed E-state index contributed by atoms with van der Waals surface area (Å²) in [4.78, 5) is 0. The Morgan fingerprint density at radius 3 is 2.57 bits per heavy atom. The summed E-state index contributed by atoms with van der Waals surface area (Å²) in [7, 11) is 1.73. The first-order valence-electron chi connectivity index (χ1n) is 8.13. The summed E-state index contributed by atoms with van der Waals surface area (Å²) in [5.41, 5.74) is 2.81. The van der Waals surface area contributed by atoms with Crippen LogP contribution < -0.4 is 4.74 Å². The van der Waals surface area contributed by atoms with E-state index in [2.05, 4.69) is 39.8 Å². The van der Waals surface area contributed by atoms with Crippen LogP contribution in [0.4, 0.5) is 0 Å². The zero-order valence-electron chi connectivity index (χ0n) is 14.1. The van der Waals surface area contributed by atoms with Crippen molar-refractivity contribution in [2.75, 3.05) is 7.11 Å². The molecule has 1 aromatic carbocycles. The van der Waals surface area contributed by atoms with E-state index in [1.165, 1.54) is 11.1 Å². The zero-order valence-corrected chi connectivity index (χ0v) is 14.1. The Balaban J connectivity index is 2.15. The molecule has 0 saturated heterocycles. The highest BCUT2D eigenvalue weighted by atomic mass is 16.5. The van der Waals surface area contributed by atoms with E-state index in [4.69, 9.17) is 4.74 Å².